The molecule has 0 bridgehead atoms. The molecule has 8 nitrogen and oxygen atoms in total. The Labute approximate surface area is 191 Å². The zero-order chi connectivity index (χ0) is 23.3. The van der Waals surface area contributed by atoms with Gasteiger partial charge in [0.1, 0.15) is 18.1 Å². The van der Waals surface area contributed by atoms with E-state index >= 15 is 0 Å². The third-order valence-corrected chi connectivity index (χ3v) is 6.18. The first-order chi connectivity index (χ1) is 15.8. The Bertz CT molecular complexity index is 1240. The average Bonchev–Trinajstić information content (AvgIpc) is 3.35. The van der Waals surface area contributed by atoms with E-state index in [9.17, 15) is 9.18 Å². The maximum absolute atomic E-state index is 13.9. The highest BCUT2D eigenvalue weighted by Gasteiger charge is 2.36. The summed E-state index contributed by atoms with van der Waals surface area (Å²) in [6, 6.07) is 7.89. The molecule has 1 unspecified atom stereocenters. The number of amides is 1. The normalized spacial score (nSPS) is 19.2. The minimum atomic E-state index is -0.796. The third kappa shape index (κ3) is 3.88. The second kappa shape index (κ2) is 8.06. The van der Waals surface area contributed by atoms with Gasteiger partial charge in [0.15, 0.2) is 0 Å². The summed E-state index contributed by atoms with van der Waals surface area (Å²) in [5, 5.41) is 5.48. The Hall–Kier alpha value is -3.62. The summed E-state index contributed by atoms with van der Waals surface area (Å²) in [5.74, 6) is -0.584. The van der Waals surface area contributed by atoms with E-state index in [1.807, 2.05) is 56.3 Å². The van der Waals surface area contributed by atoms with Crippen molar-refractivity contribution in [3.63, 3.8) is 0 Å². The largest absolute Gasteiger partial charge is 0.471 e. The van der Waals surface area contributed by atoms with Crippen molar-refractivity contribution in [1.29, 1.82) is 0 Å². The van der Waals surface area contributed by atoms with Crippen molar-refractivity contribution in [2.24, 2.45) is 12.8 Å². The maximum atomic E-state index is 13.9. The standard InChI is InChI=1S/C24H27FN6O2/c1-14-8-16(9-15(2)27-14)24-31(22(13-33-24)23(26)32)21-10-17-12-29(3)28-19(17)11-20(21)30-6-4-18(25)5-7-30/h8-13,18,24H,4-7H2,1-3H3,(H2,26,32). The van der Waals surface area contributed by atoms with Crippen molar-refractivity contribution in [2.75, 3.05) is 22.9 Å². The average molecular weight is 451 g/mol. The van der Waals surface area contributed by atoms with E-state index in [4.69, 9.17) is 10.5 Å². The van der Waals surface area contributed by atoms with Gasteiger partial charge in [0, 0.05) is 48.7 Å². The molecular formula is C24H27FN6O2. The summed E-state index contributed by atoms with van der Waals surface area (Å²) >= 11 is 0. The molecule has 4 heterocycles. The van der Waals surface area contributed by atoms with Crippen LogP contribution in [0.3, 0.4) is 0 Å². The molecule has 172 valence electrons. The maximum Gasteiger partial charge on any atom is 0.268 e. The van der Waals surface area contributed by atoms with Gasteiger partial charge >= 0.3 is 0 Å². The van der Waals surface area contributed by atoms with Gasteiger partial charge in [-0.25, -0.2) is 4.39 Å². The number of aromatic nitrogens is 3. The summed E-state index contributed by atoms with van der Waals surface area (Å²) in [4.78, 5) is 20.9. The summed E-state index contributed by atoms with van der Waals surface area (Å²) in [6.45, 7) is 5.00. The molecule has 1 aromatic carbocycles. The lowest BCUT2D eigenvalue weighted by molar-refractivity contribution is -0.114. The van der Waals surface area contributed by atoms with Gasteiger partial charge in [0.25, 0.3) is 5.91 Å². The Morgan fingerprint density at radius 3 is 2.48 bits per heavy atom. The van der Waals surface area contributed by atoms with Crippen LogP contribution in [0.2, 0.25) is 0 Å². The van der Waals surface area contributed by atoms with Crippen LogP contribution in [0.1, 0.15) is 36.0 Å². The molecule has 0 aliphatic carbocycles. The number of hydrogen-bond donors (Lipinski definition) is 1. The van der Waals surface area contributed by atoms with Crippen molar-refractivity contribution in [2.45, 2.75) is 39.1 Å². The third-order valence-electron chi connectivity index (χ3n) is 6.18. The minimum absolute atomic E-state index is 0.261. The second-order valence-electron chi connectivity index (χ2n) is 8.77. The van der Waals surface area contributed by atoms with Gasteiger partial charge in [-0.15, -0.1) is 0 Å². The molecule has 0 spiro atoms. The molecule has 1 fully saturated rings. The number of hydrogen-bond acceptors (Lipinski definition) is 6. The van der Waals surface area contributed by atoms with Gasteiger partial charge in [-0.2, -0.15) is 5.10 Å². The molecular weight excluding hydrogens is 423 g/mol. The number of nitrogens with zero attached hydrogens (tertiary/aromatic N) is 5. The van der Waals surface area contributed by atoms with E-state index in [0.29, 0.717) is 25.9 Å². The van der Waals surface area contributed by atoms with Gasteiger partial charge in [-0.3, -0.25) is 19.4 Å². The first-order valence-corrected chi connectivity index (χ1v) is 11.1. The Morgan fingerprint density at radius 1 is 1.12 bits per heavy atom. The molecule has 2 N–H and O–H groups in total. The number of primary amides is 1. The lowest BCUT2D eigenvalue weighted by atomic mass is 10.0. The van der Waals surface area contributed by atoms with Crippen molar-refractivity contribution < 1.29 is 13.9 Å². The molecule has 33 heavy (non-hydrogen) atoms. The van der Waals surface area contributed by atoms with Crippen LogP contribution in [-0.2, 0) is 16.6 Å². The molecule has 2 aliphatic rings. The predicted molar refractivity (Wildman–Crippen MR) is 124 cm³/mol. The molecule has 0 radical (unpaired) electrons. The molecule has 0 saturated carbocycles. The Kier molecular flexibility index (Phi) is 5.19. The fourth-order valence-corrected chi connectivity index (χ4v) is 4.75. The molecule has 1 atom stereocenters. The van der Waals surface area contributed by atoms with Gasteiger partial charge in [0.05, 0.1) is 16.9 Å². The van der Waals surface area contributed by atoms with Crippen LogP contribution in [0.25, 0.3) is 10.9 Å². The number of piperidine rings is 1. The first-order valence-electron chi connectivity index (χ1n) is 11.1. The Balaban J connectivity index is 1.68. The number of aryl methyl sites for hydroxylation is 3. The van der Waals surface area contributed by atoms with Crippen LogP contribution < -0.4 is 15.5 Å². The number of nitrogens with two attached hydrogens (primary N) is 1. The van der Waals surface area contributed by atoms with Gasteiger partial charge < -0.3 is 15.4 Å². The van der Waals surface area contributed by atoms with Crippen LogP contribution in [0.4, 0.5) is 15.8 Å². The van der Waals surface area contributed by atoms with Crippen LogP contribution in [0.15, 0.2) is 42.4 Å². The molecule has 1 amide bonds. The summed E-state index contributed by atoms with van der Waals surface area (Å²) in [7, 11) is 1.87. The highest BCUT2D eigenvalue weighted by Crippen LogP contribution is 2.44. The monoisotopic (exact) mass is 450 g/mol. The number of rotatable bonds is 4. The van der Waals surface area contributed by atoms with Crippen molar-refractivity contribution in [1.82, 2.24) is 14.8 Å². The number of fused-ring (bicyclic) bond motifs is 1. The second-order valence-corrected chi connectivity index (χ2v) is 8.77. The number of benzene rings is 1. The lowest BCUT2D eigenvalue weighted by Crippen LogP contribution is -2.37. The summed E-state index contributed by atoms with van der Waals surface area (Å²) < 4.78 is 21.7. The van der Waals surface area contributed by atoms with Crippen LogP contribution >= 0.6 is 0 Å². The number of carbonyl (C=O) groups is 1. The molecule has 1 saturated heterocycles. The SMILES string of the molecule is Cc1cc(C2OC=C(C(N)=O)N2c2cc3cn(C)nc3cc2N2CCC(F)CC2)cc(C)n1. The highest BCUT2D eigenvalue weighted by molar-refractivity contribution is 6.00. The van der Waals surface area contributed by atoms with Crippen LogP contribution in [-0.4, -0.2) is 39.9 Å². The van der Waals surface area contributed by atoms with Crippen LogP contribution in [0, 0.1) is 13.8 Å². The van der Waals surface area contributed by atoms with E-state index in [0.717, 1.165) is 39.2 Å². The number of pyridine rings is 1. The molecule has 2 aliphatic heterocycles. The Morgan fingerprint density at radius 2 is 1.82 bits per heavy atom. The fraction of sp³-hybridized carbons (Fsp3) is 0.375. The van der Waals surface area contributed by atoms with Crippen LogP contribution in [0.5, 0.6) is 0 Å². The summed E-state index contributed by atoms with van der Waals surface area (Å²) in [5.41, 5.74) is 11.1. The quantitative estimate of drug-likeness (QED) is 0.656. The zero-order valence-corrected chi connectivity index (χ0v) is 19.0. The lowest BCUT2D eigenvalue weighted by Gasteiger charge is -2.36. The number of carbonyl (C=O) groups excluding carboxylic acids is 1. The number of ether oxygens (including phenoxy) is 1. The predicted octanol–water partition coefficient (Wildman–Crippen LogP) is 3.39. The molecule has 5 rings (SSSR count). The highest BCUT2D eigenvalue weighted by atomic mass is 19.1. The topological polar surface area (TPSA) is 89.5 Å². The van der Waals surface area contributed by atoms with Crippen molar-refractivity contribution in [3.05, 3.63) is 59.4 Å². The van der Waals surface area contributed by atoms with E-state index in [1.165, 1.54) is 6.26 Å². The smallest absolute Gasteiger partial charge is 0.268 e. The minimum Gasteiger partial charge on any atom is -0.471 e. The first kappa shape index (κ1) is 21.2. The van der Waals surface area contributed by atoms with Gasteiger partial charge in [0.2, 0.25) is 6.23 Å². The fourth-order valence-electron chi connectivity index (χ4n) is 4.75. The molecule has 9 heteroatoms. The number of alkyl halides is 1. The number of halogens is 1. The zero-order valence-electron chi connectivity index (χ0n) is 19.0. The van der Waals surface area contributed by atoms with E-state index in [-0.39, 0.29) is 5.70 Å². The van der Waals surface area contributed by atoms with Gasteiger partial charge in [-0.1, -0.05) is 0 Å². The summed E-state index contributed by atoms with van der Waals surface area (Å²) in [6.07, 6.45) is 2.89. The van der Waals surface area contributed by atoms with E-state index in [1.54, 1.807) is 4.68 Å². The number of anilines is 2. The van der Waals surface area contributed by atoms with Crippen molar-refractivity contribution >= 4 is 28.2 Å². The van der Waals surface area contributed by atoms with E-state index < -0.39 is 18.3 Å². The van der Waals surface area contributed by atoms with Gasteiger partial charge in [-0.05, 0) is 51.0 Å². The molecule has 3 aromatic rings. The van der Waals surface area contributed by atoms with E-state index in [2.05, 4.69) is 15.0 Å². The molecule has 2 aromatic heterocycles. The van der Waals surface area contributed by atoms with Crippen molar-refractivity contribution in [3.8, 4) is 0 Å².